The minimum Gasteiger partial charge on any atom is -0.496 e. The highest BCUT2D eigenvalue weighted by molar-refractivity contribution is 9.10. The fraction of sp³-hybridized carbons (Fsp3) is 0.308. The average Bonchev–Trinajstić information content (AvgIpc) is 2.83. The molecule has 2 aromatic carbocycles. The van der Waals surface area contributed by atoms with Crippen molar-refractivity contribution in [2.45, 2.75) is 26.7 Å². The van der Waals surface area contributed by atoms with Crippen molar-refractivity contribution < 1.29 is 23.9 Å². The molecule has 10 heteroatoms. The first-order chi connectivity index (χ1) is 17.1. The quantitative estimate of drug-likeness (QED) is 0.371. The summed E-state index contributed by atoms with van der Waals surface area (Å²) < 4.78 is 10.7. The fourth-order valence-corrected chi connectivity index (χ4v) is 5.65. The smallest absolute Gasteiger partial charge is 0.319 e. The Morgan fingerprint density at radius 3 is 2.39 bits per heavy atom. The summed E-state index contributed by atoms with van der Waals surface area (Å²) in [6, 6.07) is 11.2. The number of allylic oxidation sites excluding steroid dienone is 1. The van der Waals surface area contributed by atoms with Crippen LogP contribution >= 0.6 is 27.7 Å². The molecule has 3 rings (SSSR count). The van der Waals surface area contributed by atoms with Gasteiger partial charge in [-0.1, -0.05) is 35.5 Å². The molecule has 2 amide bonds. The molecule has 0 radical (unpaired) electrons. The van der Waals surface area contributed by atoms with E-state index in [9.17, 15) is 19.6 Å². The van der Waals surface area contributed by atoms with E-state index in [4.69, 9.17) is 9.47 Å². The Labute approximate surface area is 222 Å². The lowest BCUT2D eigenvalue weighted by atomic mass is 9.78. The van der Waals surface area contributed by atoms with Crippen LogP contribution < -0.4 is 15.4 Å². The Balaban J connectivity index is 1.93. The van der Waals surface area contributed by atoms with Gasteiger partial charge in [0.1, 0.15) is 11.7 Å². The summed E-state index contributed by atoms with van der Waals surface area (Å²) in [5, 5.41) is 15.8. The molecule has 0 saturated carbocycles. The van der Waals surface area contributed by atoms with Crippen LogP contribution in [0.1, 0.15) is 28.2 Å². The molecule has 1 aliphatic heterocycles. The van der Waals surface area contributed by atoms with E-state index in [1.54, 1.807) is 18.2 Å². The highest BCUT2D eigenvalue weighted by atomic mass is 79.9. The van der Waals surface area contributed by atoms with Crippen molar-refractivity contribution in [3.05, 3.63) is 67.7 Å². The third kappa shape index (κ3) is 5.74. The van der Waals surface area contributed by atoms with Crippen molar-refractivity contribution in [1.82, 2.24) is 5.32 Å². The topological polar surface area (TPSA) is 118 Å². The van der Waals surface area contributed by atoms with Gasteiger partial charge in [-0.05, 0) is 65.5 Å². The number of amides is 2. The molecule has 2 aromatic rings. The van der Waals surface area contributed by atoms with Crippen LogP contribution in [-0.4, -0.2) is 37.8 Å². The molecule has 188 valence electrons. The van der Waals surface area contributed by atoms with Gasteiger partial charge in [0.25, 0.3) is 0 Å². The lowest BCUT2D eigenvalue weighted by molar-refractivity contribution is -0.150. The number of hydrogen-bond acceptors (Lipinski definition) is 7. The van der Waals surface area contributed by atoms with Gasteiger partial charge in [-0.25, -0.2) is 0 Å². The van der Waals surface area contributed by atoms with E-state index in [-0.39, 0.29) is 22.3 Å². The Morgan fingerprint density at radius 1 is 1.17 bits per heavy atom. The standard InChI is InChI=1S/C26H26BrN3O5S/c1-13-8-14(2)23(15(3)9-13)29-20(31)12-36-25-17(11-28)21(22(24(32)30-25)26(33)35-5)16-6-7-19(34-4)18(27)10-16/h6-10,21-22H,12H2,1-5H3,(H,29,31)(H,30,32)/t21-,22+/m1/s1. The van der Waals surface area contributed by atoms with Crippen molar-refractivity contribution >= 4 is 51.2 Å². The number of methoxy groups -OCH3 is 2. The number of thioether (sulfide) groups is 1. The minimum absolute atomic E-state index is 0.0462. The number of anilines is 1. The number of nitrogens with zero attached hydrogens (tertiary/aromatic N) is 1. The van der Waals surface area contributed by atoms with Crippen LogP contribution in [0.5, 0.6) is 5.75 Å². The lowest BCUT2D eigenvalue weighted by Crippen LogP contribution is -2.44. The summed E-state index contributed by atoms with van der Waals surface area (Å²) in [4.78, 5) is 38.3. The molecule has 2 atom stereocenters. The van der Waals surface area contributed by atoms with Crippen molar-refractivity contribution in [2.75, 3.05) is 25.3 Å². The van der Waals surface area contributed by atoms with Gasteiger partial charge in [0, 0.05) is 11.6 Å². The van der Waals surface area contributed by atoms with Gasteiger partial charge in [-0.3, -0.25) is 14.4 Å². The molecule has 8 nitrogen and oxygen atoms in total. The van der Waals surface area contributed by atoms with Crippen LogP contribution in [0, 0.1) is 38.0 Å². The normalized spacial score (nSPS) is 17.2. The van der Waals surface area contributed by atoms with Crippen molar-refractivity contribution in [1.29, 1.82) is 5.26 Å². The second-order valence-corrected chi connectivity index (χ2v) is 10.2. The van der Waals surface area contributed by atoms with E-state index < -0.39 is 23.7 Å². The number of rotatable bonds is 7. The second kappa shape index (κ2) is 11.6. The zero-order valence-corrected chi connectivity index (χ0v) is 22.9. The molecule has 0 saturated heterocycles. The van der Waals surface area contributed by atoms with E-state index in [0.29, 0.717) is 15.8 Å². The predicted octanol–water partition coefficient (Wildman–Crippen LogP) is 4.49. The summed E-state index contributed by atoms with van der Waals surface area (Å²) in [6.45, 7) is 5.83. The first-order valence-electron chi connectivity index (χ1n) is 11.0. The Hall–Kier alpha value is -3.29. The SMILES string of the molecule is COC(=O)[C@@H]1C(=O)NC(SCC(=O)Nc2c(C)cc(C)cc2C)=C(C#N)[C@H]1c1ccc(OC)c(Br)c1. The van der Waals surface area contributed by atoms with E-state index in [0.717, 1.165) is 34.1 Å². The molecule has 0 spiro atoms. The molecular formula is C26H26BrN3O5S. The Kier molecular flexibility index (Phi) is 8.82. The number of nitrogens with one attached hydrogen (secondary N) is 2. The van der Waals surface area contributed by atoms with Gasteiger partial charge in [-0.15, -0.1) is 0 Å². The average molecular weight is 572 g/mol. The Morgan fingerprint density at radius 2 is 1.83 bits per heavy atom. The minimum atomic E-state index is -1.26. The van der Waals surface area contributed by atoms with E-state index in [1.165, 1.54) is 14.2 Å². The van der Waals surface area contributed by atoms with Crippen LogP contribution in [0.3, 0.4) is 0 Å². The van der Waals surface area contributed by atoms with E-state index in [2.05, 4.69) is 32.6 Å². The molecule has 0 bridgehead atoms. The fourth-order valence-electron chi connectivity index (χ4n) is 4.25. The zero-order chi connectivity index (χ0) is 26.6. The first-order valence-corrected chi connectivity index (χ1v) is 12.8. The van der Waals surface area contributed by atoms with Crippen molar-refractivity contribution in [2.24, 2.45) is 5.92 Å². The molecular weight excluding hydrogens is 546 g/mol. The third-order valence-electron chi connectivity index (χ3n) is 5.81. The number of carbonyl (C=O) groups is 3. The highest BCUT2D eigenvalue weighted by Crippen LogP contribution is 2.42. The first kappa shape index (κ1) is 27.3. The number of carbonyl (C=O) groups excluding carboxylic acids is 3. The van der Waals surface area contributed by atoms with Crippen LogP contribution in [0.15, 0.2) is 45.4 Å². The number of ether oxygens (including phenoxy) is 2. The monoisotopic (exact) mass is 571 g/mol. The number of hydrogen-bond donors (Lipinski definition) is 2. The molecule has 36 heavy (non-hydrogen) atoms. The number of esters is 1. The molecule has 1 aliphatic rings. The number of nitriles is 1. The number of halogens is 1. The van der Waals surface area contributed by atoms with Crippen LogP contribution in [0.2, 0.25) is 0 Å². The van der Waals surface area contributed by atoms with E-state index in [1.807, 2.05) is 32.9 Å². The molecule has 2 N–H and O–H groups in total. The molecule has 0 fully saturated rings. The number of aryl methyl sites for hydroxylation is 3. The maximum atomic E-state index is 13.0. The van der Waals surface area contributed by atoms with Gasteiger partial charge < -0.3 is 20.1 Å². The van der Waals surface area contributed by atoms with Gasteiger partial charge in [-0.2, -0.15) is 5.26 Å². The summed E-state index contributed by atoms with van der Waals surface area (Å²) in [5.74, 6) is -3.30. The molecule has 0 aliphatic carbocycles. The van der Waals surface area contributed by atoms with Gasteiger partial charge in [0.15, 0.2) is 0 Å². The Bertz CT molecular complexity index is 1280. The second-order valence-electron chi connectivity index (χ2n) is 8.33. The van der Waals surface area contributed by atoms with Crippen molar-refractivity contribution in [3.63, 3.8) is 0 Å². The number of benzene rings is 2. The highest BCUT2D eigenvalue weighted by Gasteiger charge is 2.44. The summed E-state index contributed by atoms with van der Waals surface area (Å²) in [7, 11) is 2.71. The van der Waals surface area contributed by atoms with Crippen LogP contribution in [-0.2, 0) is 19.1 Å². The van der Waals surface area contributed by atoms with Gasteiger partial charge in [0.2, 0.25) is 11.8 Å². The largest absolute Gasteiger partial charge is 0.496 e. The summed E-state index contributed by atoms with van der Waals surface area (Å²) in [6.07, 6.45) is 0. The zero-order valence-electron chi connectivity index (χ0n) is 20.5. The van der Waals surface area contributed by atoms with Crippen LogP contribution in [0.4, 0.5) is 5.69 Å². The summed E-state index contributed by atoms with van der Waals surface area (Å²) >= 11 is 4.45. The maximum absolute atomic E-state index is 13.0. The van der Waals surface area contributed by atoms with Gasteiger partial charge >= 0.3 is 5.97 Å². The lowest BCUT2D eigenvalue weighted by Gasteiger charge is -2.31. The molecule has 1 heterocycles. The summed E-state index contributed by atoms with van der Waals surface area (Å²) in [5.41, 5.74) is 4.45. The van der Waals surface area contributed by atoms with E-state index >= 15 is 0 Å². The maximum Gasteiger partial charge on any atom is 0.319 e. The van der Waals surface area contributed by atoms with Gasteiger partial charge in [0.05, 0.1) is 41.1 Å². The molecule has 0 aromatic heterocycles. The van der Waals surface area contributed by atoms with Crippen LogP contribution in [0.25, 0.3) is 0 Å². The molecule has 0 unspecified atom stereocenters. The van der Waals surface area contributed by atoms with Crippen molar-refractivity contribution in [3.8, 4) is 11.8 Å². The third-order valence-corrected chi connectivity index (χ3v) is 7.44. The predicted molar refractivity (Wildman–Crippen MR) is 141 cm³/mol.